The van der Waals surface area contributed by atoms with E-state index in [1.54, 1.807) is 0 Å². The van der Waals surface area contributed by atoms with Crippen LogP contribution in [0.4, 0.5) is 5.69 Å². The van der Waals surface area contributed by atoms with Crippen LogP contribution in [0.3, 0.4) is 0 Å². The summed E-state index contributed by atoms with van der Waals surface area (Å²) in [5.41, 5.74) is 3.57. The highest BCUT2D eigenvalue weighted by Crippen LogP contribution is 2.33. The van der Waals surface area contributed by atoms with Gasteiger partial charge in [0.25, 0.3) is 11.5 Å². The number of H-pyrrole nitrogens is 1. The highest BCUT2D eigenvalue weighted by molar-refractivity contribution is 6.22. The lowest BCUT2D eigenvalue weighted by molar-refractivity contribution is -0.114. The molecular weight excluding hydrogens is 434 g/mol. The maximum atomic E-state index is 12.4. The number of phenols is 2. The van der Waals surface area contributed by atoms with Gasteiger partial charge in [-0.25, -0.2) is 4.98 Å². The Hall–Kier alpha value is -4.42. The second kappa shape index (κ2) is 7.93. The Balaban J connectivity index is 1.78. The van der Waals surface area contributed by atoms with Crippen molar-refractivity contribution >= 4 is 28.2 Å². The van der Waals surface area contributed by atoms with Crippen LogP contribution in [0.5, 0.6) is 11.5 Å². The van der Waals surface area contributed by atoms with E-state index in [4.69, 9.17) is 11.1 Å². The third kappa shape index (κ3) is 3.62. The highest BCUT2D eigenvalue weighted by Gasteiger charge is 2.42. The van der Waals surface area contributed by atoms with E-state index in [-0.39, 0.29) is 39.5 Å². The number of aromatic amines is 1. The number of nitrogens with one attached hydrogen (secondary N) is 3. The molecule has 1 aliphatic rings. The smallest absolute Gasteiger partial charge is 0.259 e. The number of carbonyl (C=O) groups excluding carboxylic acids is 1. The number of primary amides is 1. The SMILES string of the molecule is N=C1C(C(N)=O)=C(O)C(Nc2cc(-c3nc4c(O)cccc4c(=O)[nH]3)ccc2O)[C@@H](O)[C@@H]1O. The maximum Gasteiger partial charge on any atom is 0.259 e. The van der Waals surface area contributed by atoms with E-state index in [0.717, 1.165) is 0 Å². The number of benzene rings is 2. The summed E-state index contributed by atoms with van der Waals surface area (Å²) in [5, 5.41) is 61.7. The molecule has 0 saturated carbocycles. The monoisotopic (exact) mass is 453 g/mol. The molecule has 3 atom stereocenters. The van der Waals surface area contributed by atoms with Crippen molar-refractivity contribution in [2.24, 2.45) is 5.73 Å². The average molecular weight is 453 g/mol. The number of para-hydroxylation sites is 1. The zero-order valence-corrected chi connectivity index (χ0v) is 16.8. The molecule has 4 rings (SSSR count). The highest BCUT2D eigenvalue weighted by atomic mass is 16.3. The number of aliphatic hydroxyl groups excluding tert-OH is 3. The van der Waals surface area contributed by atoms with Crippen molar-refractivity contribution in [2.45, 2.75) is 18.2 Å². The fourth-order valence-electron chi connectivity index (χ4n) is 3.62. The van der Waals surface area contributed by atoms with E-state index in [1.807, 2.05) is 0 Å². The first-order valence-corrected chi connectivity index (χ1v) is 9.60. The van der Waals surface area contributed by atoms with Gasteiger partial charge in [-0.3, -0.25) is 9.59 Å². The molecule has 3 aromatic rings. The lowest BCUT2D eigenvalue weighted by Crippen LogP contribution is -2.53. The van der Waals surface area contributed by atoms with E-state index in [1.165, 1.54) is 36.4 Å². The quantitative estimate of drug-likeness (QED) is 0.239. The summed E-state index contributed by atoms with van der Waals surface area (Å²) in [5.74, 6) is -2.43. The second-order valence-electron chi connectivity index (χ2n) is 7.42. The standard InChI is InChI=1S/C21H19N5O7/c22-13-12(19(23)32)16(29)15(18(31)17(13)30)24-9-6-7(4-5-10(9)27)20-25-14-8(21(33)26-20)2-1-3-11(14)28/h1-6,15,17-18,22,24,27-31H,(H2,23,32)(H,25,26,33)/t15?,17-,18-/m1/s1. The van der Waals surface area contributed by atoms with Crippen LogP contribution in [0, 0.1) is 5.41 Å². The fourth-order valence-corrected chi connectivity index (χ4v) is 3.62. The summed E-state index contributed by atoms with van der Waals surface area (Å²) in [6.45, 7) is 0. The molecule has 12 heteroatoms. The van der Waals surface area contributed by atoms with Gasteiger partial charge >= 0.3 is 0 Å². The minimum atomic E-state index is -1.83. The van der Waals surface area contributed by atoms with Crippen molar-refractivity contribution in [1.82, 2.24) is 9.97 Å². The predicted molar refractivity (Wildman–Crippen MR) is 117 cm³/mol. The van der Waals surface area contributed by atoms with Crippen molar-refractivity contribution in [2.75, 3.05) is 5.32 Å². The van der Waals surface area contributed by atoms with Crippen LogP contribution in [0.2, 0.25) is 0 Å². The number of anilines is 1. The van der Waals surface area contributed by atoms with Crippen LogP contribution < -0.4 is 16.6 Å². The van der Waals surface area contributed by atoms with E-state index >= 15 is 0 Å². The van der Waals surface area contributed by atoms with Gasteiger partial charge in [-0.2, -0.15) is 0 Å². The zero-order chi connectivity index (χ0) is 24.0. The lowest BCUT2D eigenvalue weighted by Gasteiger charge is -2.33. The lowest BCUT2D eigenvalue weighted by atomic mass is 9.86. The second-order valence-corrected chi connectivity index (χ2v) is 7.42. The summed E-state index contributed by atoms with van der Waals surface area (Å²) >= 11 is 0. The summed E-state index contributed by atoms with van der Waals surface area (Å²) in [6, 6.07) is 6.88. The molecule has 0 aliphatic heterocycles. The van der Waals surface area contributed by atoms with Crippen molar-refractivity contribution in [3.8, 4) is 22.9 Å². The van der Waals surface area contributed by atoms with Gasteiger partial charge in [0.1, 0.15) is 52.4 Å². The van der Waals surface area contributed by atoms with Gasteiger partial charge in [0.2, 0.25) is 0 Å². The van der Waals surface area contributed by atoms with Crippen LogP contribution in [0.1, 0.15) is 0 Å². The van der Waals surface area contributed by atoms with Crippen molar-refractivity contribution < 1.29 is 30.3 Å². The van der Waals surface area contributed by atoms with Crippen LogP contribution in [0.15, 0.2) is 52.5 Å². The van der Waals surface area contributed by atoms with Gasteiger partial charge in [-0.05, 0) is 30.3 Å². The third-order valence-corrected chi connectivity index (χ3v) is 5.32. The number of carbonyl (C=O) groups is 1. The van der Waals surface area contributed by atoms with Gasteiger partial charge < -0.3 is 47.0 Å². The van der Waals surface area contributed by atoms with Crippen molar-refractivity contribution in [3.63, 3.8) is 0 Å². The molecule has 0 spiro atoms. The summed E-state index contributed by atoms with van der Waals surface area (Å²) in [4.78, 5) is 30.9. The number of nitrogens with zero attached hydrogens (tertiary/aromatic N) is 1. The van der Waals surface area contributed by atoms with E-state index < -0.39 is 46.8 Å². The molecule has 1 unspecified atom stereocenters. The summed E-state index contributed by atoms with van der Waals surface area (Å²) < 4.78 is 0. The molecule has 1 amide bonds. The zero-order valence-electron chi connectivity index (χ0n) is 16.8. The number of nitrogens with two attached hydrogens (primary N) is 1. The topological polar surface area (TPSA) is 226 Å². The van der Waals surface area contributed by atoms with Crippen molar-refractivity contribution in [3.05, 3.63) is 58.1 Å². The Morgan fingerprint density at radius 2 is 1.85 bits per heavy atom. The fraction of sp³-hybridized carbons (Fsp3) is 0.143. The Kier molecular flexibility index (Phi) is 5.24. The number of aliphatic hydroxyl groups is 3. The first-order valence-electron chi connectivity index (χ1n) is 9.60. The molecule has 33 heavy (non-hydrogen) atoms. The van der Waals surface area contributed by atoms with Gasteiger partial charge in [0.05, 0.1) is 16.8 Å². The maximum absolute atomic E-state index is 12.4. The van der Waals surface area contributed by atoms with E-state index in [0.29, 0.717) is 0 Å². The molecule has 10 N–H and O–H groups in total. The number of hydrogen-bond acceptors (Lipinski definition) is 10. The summed E-state index contributed by atoms with van der Waals surface area (Å²) in [7, 11) is 0. The van der Waals surface area contributed by atoms with Gasteiger partial charge in [0, 0.05) is 5.56 Å². The molecule has 1 aliphatic carbocycles. The minimum Gasteiger partial charge on any atom is -0.509 e. The number of phenolic OH excluding ortho intramolecular Hbond substituents is 2. The minimum absolute atomic E-state index is 0.0562. The normalized spacial score (nSPS) is 20.8. The number of aromatic hydroxyl groups is 2. The first kappa shape index (κ1) is 21.8. The molecule has 0 bridgehead atoms. The Bertz CT molecular complexity index is 1400. The Morgan fingerprint density at radius 3 is 2.55 bits per heavy atom. The first-order chi connectivity index (χ1) is 15.6. The number of amides is 1. The number of rotatable bonds is 4. The molecule has 1 aromatic heterocycles. The molecule has 170 valence electrons. The molecule has 0 saturated heterocycles. The van der Waals surface area contributed by atoms with E-state index in [9.17, 15) is 35.1 Å². The van der Waals surface area contributed by atoms with Crippen LogP contribution in [0.25, 0.3) is 22.3 Å². The van der Waals surface area contributed by atoms with Gasteiger partial charge in [-0.15, -0.1) is 0 Å². The third-order valence-electron chi connectivity index (χ3n) is 5.32. The molecule has 1 heterocycles. The Labute approximate surface area is 184 Å². The van der Waals surface area contributed by atoms with Crippen LogP contribution in [-0.4, -0.2) is 65.4 Å². The Morgan fingerprint density at radius 1 is 1.12 bits per heavy atom. The van der Waals surface area contributed by atoms with Crippen LogP contribution >= 0.6 is 0 Å². The van der Waals surface area contributed by atoms with Crippen molar-refractivity contribution in [1.29, 1.82) is 5.41 Å². The number of aromatic nitrogens is 2. The average Bonchev–Trinajstić information content (AvgIpc) is 2.77. The van der Waals surface area contributed by atoms with Gasteiger partial charge in [0.15, 0.2) is 0 Å². The number of hydrogen-bond donors (Lipinski definition) is 9. The summed E-state index contributed by atoms with van der Waals surface area (Å²) in [6.07, 6.45) is -3.58. The van der Waals surface area contributed by atoms with Crippen LogP contribution in [-0.2, 0) is 4.79 Å². The molecular formula is C21H19N5O7. The van der Waals surface area contributed by atoms with Gasteiger partial charge in [-0.1, -0.05) is 6.07 Å². The predicted octanol–water partition coefficient (Wildman–Crippen LogP) is -0.166. The molecule has 12 nitrogen and oxygen atoms in total. The molecule has 0 radical (unpaired) electrons. The van der Waals surface area contributed by atoms with E-state index in [2.05, 4.69) is 15.3 Å². The number of fused-ring (bicyclic) bond motifs is 1. The molecule has 2 aromatic carbocycles. The molecule has 0 fully saturated rings. The largest absolute Gasteiger partial charge is 0.509 e.